The van der Waals surface area contributed by atoms with Crippen LogP contribution in [-0.4, -0.2) is 19.1 Å². The van der Waals surface area contributed by atoms with E-state index in [4.69, 9.17) is 10.6 Å². The quantitative estimate of drug-likeness (QED) is 0.724. The summed E-state index contributed by atoms with van der Waals surface area (Å²) in [5.74, 6) is -0.345. The Morgan fingerprint density at radius 2 is 2.07 bits per heavy atom. The first-order valence-electron chi connectivity index (χ1n) is 4.45. The van der Waals surface area contributed by atoms with Crippen LogP contribution in [-0.2, 0) is 9.63 Å². The third-order valence-corrected chi connectivity index (χ3v) is 1.62. The second kappa shape index (κ2) is 5.24. The third kappa shape index (κ3) is 3.06. The van der Waals surface area contributed by atoms with Crippen LogP contribution in [0.2, 0.25) is 0 Å². The van der Waals surface area contributed by atoms with Crippen molar-refractivity contribution in [3.8, 4) is 0 Å². The van der Waals surface area contributed by atoms with Crippen LogP contribution in [0.4, 0.5) is 5.69 Å². The molecule has 2 N–H and O–H groups in total. The van der Waals surface area contributed by atoms with Gasteiger partial charge >= 0.3 is 5.97 Å². The van der Waals surface area contributed by atoms with E-state index in [-0.39, 0.29) is 5.97 Å². The van der Waals surface area contributed by atoms with Crippen molar-refractivity contribution >= 4 is 11.7 Å². The third-order valence-electron chi connectivity index (χ3n) is 1.62. The molecule has 14 heavy (non-hydrogen) atoms. The Hall–Kier alpha value is -1.55. The van der Waals surface area contributed by atoms with Crippen molar-refractivity contribution in [2.45, 2.75) is 6.92 Å². The first kappa shape index (κ1) is 10.5. The number of anilines is 1. The van der Waals surface area contributed by atoms with Crippen molar-refractivity contribution in [3.05, 3.63) is 30.3 Å². The van der Waals surface area contributed by atoms with Gasteiger partial charge in [0.15, 0.2) is 0 Å². The van der Waals surface area contributed by atoms with Crippen LogP contribution in [0, 0.1) is 0 Å². The monoisotopic (exact) mass is 194 g/mol. The van der Waals surface area contributed by atoms with Gasteiger partial charge in [-0.3, -0.25) is 4.79 Å². The molecule has 4 heteroatoms. The van der Waals surface area contributed by atoms with Crippen LogP contribution in [0.15, 0.2) is 30.3 Å². The second-order valence-electron chi connectivity index (χ2n) is 2.81. The number of hydrogen-bond donors (Lipinski definition) is 1. The molecule has 0 fully saturated rings. The summed E-state index contributed by atoms with van der Waals surface area (Å²) in [7, 11) is 0. The standard InChI is InChI=1S/C10H14N2O2/c1-9(13)14-12(8-7-11)10-5-3-2-4-6-10/h2-6H,7-8,11H2,1H3. The molecule has 0 aliphatic carbocycles. The normalized spacial score (nSPS) is 9.57. The highest BCUT2D eigenvalue weighted by molar-refractivity contribution is 5.67. The van der Waals surface area contributed by atoms with Gasteiger partial charge in [-0.2, -0.15) is 0 Å². The Bertz CT molecular complexity index is 287. The van der Waals surface area contributed by atoms with Crippen molar-refractivity contribution in [1.29, 1.82) is 0 Å². The lowest BCUT2D eigenvalue weighted by Gasteiger charge is -2.21. The molecule has 0 heterocycles. The van der Waals surface area contributed by atoms with Crippen LogP contribution in [0.5, 0.6) is 0 Å². The number of hydroxylamine groups is 1. The molecule has 1 aromatic rings. The summed E-state index contributed by atoms with van der Waals surface area (Å²) >= 11 is 0. The minimum absolute atomic E-state index is 0.345. The number of benzene rings is 1. The van der Waals surface area contributed by atoms with Gasteiger partial charge in [0.25, 0.3) is 0 Å². The Labute approximate surface area is 83.2 Å². The van der Waals surface area contributed by atoms with Crippen LogP contribution in [0.3, 0.4) is 0 Å². The lowest BCUT2D eigenvalue weighted by molar-refractivity contribution is -0.142. The highest BCUT2D eigenvalue weighted by Crippen LogP contribution is 2.12. The molecule has 0 saturated carbocycles. The van der Waals surface area contributed by atoms with Gasteiger partial charge in [0.2, 0.25) is 0 Å². The number of nitrogens with zero attached hydrogens (tertiary/aromatic N) is 1. The lowest BCUT2D eigenvalue weighted by Crippen LogP contribution is -2.31. The fourth-order valence-corrected chi connectivity index (χ4v) is 1.09. The van der Waals surface area contributed by atoms with E-state index >= 15 is 0 Å². The fourth-order valence-electron chi connectivity index (χ4n) is 1.09. The molecule has 1 aromatic carbocycles. The van der Waals surface area contributed by atoms with E-state index in [1.807, 2.05) is 30.3 Å². The smallest absolute Gasteiger partial charge is 0.329 e. The molecule has 0 aliphatic heterocycles. The molecule has 0 atom stereocenters. The molecule has 76 valence electrons. The maximum absolute atomic E-state index is 10.8. The van der Waals surface area contributed by atoms with Gasteiger partial charge in [0, 0.05) is 13.5 Å². The van der Waals surface area contributed by atoms with Crippen LogP contribution < -0.4 is 10.8 Å². The van der Waals surface area contributed by atoms with Gasteiger partial charge in [-0.15, -0.1) is 0 Å². The van der Waals surface area contributed by atoms with Gasteiger partial charge in [0.05, 0.1) is 12.2 Å². The Morgan fingerprint density at radius 1 is 1.43 bits per heavy atom. The summed E-state index contributed by atoms with van der Waals surface area (Å²) in [6.45, 7) is 2.29. The van der Waals surface area contributed by atoms with Gasteiger partial charge in [-0.25, -0.2) is 5.06 Å². The zero-order chi connectivity index (χ0) is 10.4. The van der Waals surface area contributed by atoms with Crippen molar-refractivity contribution in [3.63, 3.8) is 0 Å². The maximum Gasteiger partial charge on any atom is 0.329 e. The summed E-state index contributed by atoms with van der Waals surface area (Å²) in [6, 6.07) is 9.37. The molecule has 0 bridgehead atoms. The number of para-hydroxylation sites is 1. The SMILES string of the molecule is CC(=O)ON(CCN)c1ccccc1. The summed E-state index contributed by atoms with van der Waals surface area (Å²) in [4.78, 5) is 15.8. The highest BCUT2D eigenvalue weighted by Gasteiger charge is 2.07. The van der Waals surface area contributed by atoms with Gasteiger partial charge in [-0.05, 0) is 12.1 Å². The zero-order valence-corrected chi connectivity index (χ0v) is 8.14. The predicted octanol–water partition coefficient (Wildman–Crippen LogP) is 0.930. The average Bonchev–Trinajstić information content (AvgIpc) is 2.18. The van der Waals surface area contributed by atoms with E-state index < -0.39 is 0 Å². The average molecular weight is 194 g/mol. The number of carbonyl (C=O) groups is 1. The van der Waals surface area contributed by atoms with Crippen molar-refractivity contribution < 1.29 is 9.63 Å². The Kier molecular flexibility index (Phi) is 3.94. The maximum atomic E-state index is 10.8. The van der Waals surface area contributed by atoms with E-state index in [9.17, 15) is 4.79 Å². The Morgan fingerprint density at radius 3 is 2.57 bits per heavy atom. The van der Waals surface area contributed by atoms with Gasteiger partial charge in [-0.1, -0.05) is 18.2 Å². The summed E-state index contributed by atoms with van der Waals surface area (Å²) in [5, 5.41) is 1.49. The topological polar surface area (TPSA) is 55.6 Å². The predicted molar refractivity (Wildman–Crippen MR) is 54.6 cm³/mol. The summed E-state index contributed by atoms with van der Waals surface area (Å²) < 4.78 is 0. The van der Waals surface area contributed by atoms with E-state index in [2.05, 4.69) is 0 Å². The molecule has 4 nitrogen and oxygen atoms in total. The molecular formula is C10H14N2O2. The Balaban J connectivity index is 2.72. The molecule has 0 aliphatic rings. The second-order valence-corrected chi connectivity index (χ2v) is 2.81. The fraction of sp³-hybridized carbons (Fsp3) is 0.300. The molecule has 0 unspecified atom stereocenters. The largest absolute Gasteiger partial charge is 0.341 e. The van der Waals surface area contributed by atoms with Crippen molar-refractivity contribution in [2.24, 2.45) is 5.73 Å². The molecule has 0 spiro atoms. The molecule has 1 rings (SSSR count). The number of nitrogens with two attached hydrogens (primary N) is 1. The van der Waals surface area contributed by atoms with E-state index in [0.717, 1.165) is 5.69 Å². The van der Waals surface area contributed by atoms with Crippen LogP contribution in [0.25, 0.3) is 0 Å². The van der Waals surface area contributed by atoms with Crippen molar-refractivity contribution in [1.82, 2.24) is 0 Å². The van der Waals surface area contributed by atoms with E-state index in [0.29, 0.717) is 13.1 Å². The zero-order valence-electron chi connectivity index (χ0n) is 8.14. The summed E-state index contributed by atoms with van der Waals surface area (Å²) in [5.41, 5.74) is 6.24. The van der Waals surface area contributed by atoms with Gasteiger partial charge < -0.3 is 10.6 Å². The molecular weight excluding hydrogens is 180 g/mol. The molecule has 0 radical (unpaired) electrons. The van der Waals surface area contributed by atoms with E-state index in [1.165, 1.54) is 12.0 Å². The number of rotatable bonds is 4. The van der Waals surface area contributed by atoms with E-state index in [1.54, 1.807) is 0 Å². The van der Waals surface area contributed by atoms with Crippen LogP contribution >= 0.6 is 0 Å². The molecule has 0 aromatic heterocycles. The number of carbonyl (C=O) groups excluding carboxylic acids is 1. The minimum Gasteiger partial charge on any atom is -0.341 e. The minimum atomic E-state index is -0.345. The number of hydrogen-bond acceptors (Lipinski definition) is 4. The lowest BCUT2D eigenvalue weighted by atomic mass is 10.3. The summed E-state index contributed by atoms with van der Waals surface area (Å²) in [6.07, 6.45) is 0. The van der Waals surface area contributed by atoms with Crippen LogP contribution in [0.1, 0.15) is 6.92 Å². The first-order valence-corrected chi connectivity index (χ1v) is 4.45. The first-order chi connectivity index (χ1) is 6.74. The molecule has 0 amide bonds. The van der Waals surface area contributed by atoms with Gasteiger partial charge in [0.1, 0.15) is 0 Å². The highest BCUT2D eigenvalue weighted by atomic mass is 16.7. The van der Waals surface area contributed by atoms with Crippen molar-refractivity contribution in [2.75, 3.05) is 18.2 Å². The molecule has 0 saturated heterocycles.